The molecule has 5 nitrogen and oxygen atoms in total. The average molecular weight is 210 g/mol. The molecular weight excluding hydrogens is 192 g/mol. The van der Waals surface area contributed by atoms with E-state index in [-0.39, 0.29) is 6.61 Å². The van der Waals surface area contributed by atoms with Crippen LogP contribution in [-0.4, -0.2) is 39.6 Å². The van der Waals surface area contributed by atoms with E-state index in [0.717, 1.165) is 44.6 Å². The number of aliphatic hydroxyl groups excluding tert-OH is 1. The van der Waals surface area contributed by atoms with Crippen LogP contribution in [0, 0.1) is 0 Å². The summed E-state index contributed by atoms with van der Waals surface area (Å²) in [6.45, 7) is 2.36. The zero-order chi connectivity index (χ0) is 10.5. The summed E-state index contributed by atoms with van der Waals surface area (Å²) in [5.41, 5.74) is 0. The molecule has 1 fully saturated rings. The molecule has 0 amide bonds. The van der Waals surface area contributed by atoms with E-state index in [9.17, 15) is 0 Å². The van der Waals surface area contributed by atoms with E-state index in [4.69, 9.17) is 5.11 Å². The molecule has 84 valence electrons. The number of rotatable bonds is 5. The maximum absolute atomic E-state index is 8.72. The van der Waals surface area contributed by atoms with Crippen molar-refractivity contribution in [3.05, 3.63) is 12.2 Å². The molecule has 1 aliphatic rings. The maximum Gasteiger partial charge on any atom is 0.133 e. The van der Waals surface area contributed by atoms with Crippen LogP contribution in [0.2, 0.25) is 0 Å². The minimum Gasteiger partial charge on any atom is -0.396 e. The van der Waals surface area contributed by atoms with Crippen molar-refractivity contribution in [1.29, 1.82) is 0 Å². The average Bonchev–Trinajstić information content (AvgIpc) is 2.87. The number of aryl methyl sites for hydroxylation is 1. The van der Waals surface area contributed by atoms with Gasteiger partial charge in [-0.2, -0.15) is 0 Å². The van der Waals surface area contributed by atoms with Gasteiger partial charge in [0.05, 0.1) is 0 Å². The highest BCUT2D eigenvalue weighted by molar-refractivity contribution is 4.92. The van der Waals surface area contributed by atoms with E-state index in [1.165, 1.54) is 0 Å². The van der Waals surface area contributed by atoms with Crippen LogP contribution < -0.4 is 5.32 Å². The second kappa shape index (κ2) is 5.23. The fourth-order valence-corrected chi connectivity index (χ4v) is 2.02. The molecule has 2 heterocycles. The number of nitrogens with zero attached hydrogens (tertiary/aromatic N) is 3. The summed E-state index contributed by atoms with van der Waals surface area (Å²) in [5, 5.41) is 20.2. The highest BCUT2D eigenvalue weighted by Crippen LogP contribution is 2.16. The number of aromatic nitrogens is 3. The van der Waals surface area contributed by atoms with Crippen LogP contribution in [0.5, 0.6) is 0 Å². The largest absolute Gasteiger partial charge is 0.396 e. The molecule has 2 N–H and O–H groups in total. The number of nitrogens with one attached hydrogen (secondary N) is 1. The first-order chi connectivity index (χ1) is 7.42. The Morgan fingerprint density at radius 2 is 2.47 bits per heavy atom. The lowest BCUT2D eigenvalue weighted by molar-refractivity contribution is 0.284. The van der Waals surface area contributed by atoms with Gasteiger partial charge in [-0.3, -0.25) is 0 Å². The van der Waals surface area contributed by atoms with Crippen LogP contribution in [0.15, 0.2) is 6.33 Å². The quantitative estimate of drug-likeness (QED) is 0.678. The third-order valence-electron chi connectivity index (χ3n) is 2.88. The van der Waals surface area contributed by atoms with Gasteiger partial charge in [0.2, 0.25) is 0 Å². The molecule has 0 aliphatic carbocycles. The molecule has 0 aromatic carbocycles. The predicted octanol–water partition coefficient (Wildman–Crippen LogP) is 0.128. The lowest BCUT2D eigenvalue weighted by Gasteiger charge is -2.12. The third-order valence-corrected chi connectivity index (χ3v) is 2.88. The fraction of sp³-hybridized carbons (Fsp3) is 0.800. The Morgan fingerprint density at radius 1 is 1.53 bits per heavy atom. The van der Waals surface area contributed by atoms with Crippen LogP contribution in [0.1, 0.15) is 31.1 Å². The molecule has 1 saturated heterocycles. The topological polar surface area (TPSA) is 63.0 Å². The second-order valence-electron chi connectivity index (χ2n) is 3.98. The zero-order valence-electron chi connectivity index (χ0n) is 8.89. The first kappa shape index (κ1) is 10.6. The Hall–Kier alpha value is -0.940. The number of unbranched alkanes of at least 4 members (excludes halogenated alkanes) is 1. The van der Waals surface area contributed by atoms with E-state index < -0.39 is 0 Å². The van der Waals surface area contributed by atoms with E-state index in [0.29, 0.717) is 6.04 Å². The van der Waals surface area contributed by atoms with Gasteiger partial charge in [-0.05, 0) is 25.8 Å². The summed E-state index contributed by atoms with van der Waals surface area (Å²) in [6.07, 6.45) is 5.72. The minimum atomic E-state index is 0.263. The Bertz CT molecular complexity index is 293. The summed E-state index contributed by atoms with van der Waals surface area (Å²) in [6, 6.07) is 0.518. The number of hydrogen-bond donors (Lipinski definition) is 2. The van der Waals surface area contributed by atoms with Gasteiger partial charge in [-0.25, -0.2) is 0 Å². The molecule has 0 saturated carbocycles. The normalized spacial score (nSPS) is 21.0. The Kier molecular flexibility index (Phi) is 3.69. The van der Waals surface area contributed by atoms with E-state index in [2.05, 4.69) is 20.1 Å². The Balaban J connectivity index is 1.95. The van der Waals surface area contributed by atoms with Crippen molar-refractivity contribution in [1.82, 2.24) is 20.1 Å². The van der Waals surface area contributed by atoms with Gasteiger partial charge in [-0.1, -0.05) is 0 Å². The van der Waals surface area contributed by atoms with Crippen LogP contribution in [0.25, 0.3) is 0 Å². The molecule has 1 unspecified atom stereocenters. The molecule has 5 heteroatoms. The van der Waals surface area contributed by atoms with Crippen molar-refractivity contribution in [2.75, 3.05) is 19.7 Å². The Morgan fingerprint density at radius 3 is 3.20 bits per heavy atom. The monoisotopic (exact) mass is 210 g/mol. The summed E-state index contributed by atoms with van der Waals surface area (Å²) >= 11 is 0. The molecule has 2 rings (SSSR count). The van der Waals surface area contributed by atoms with Crippen LogP contribution in [0.3, 0.4) is 0 Å². The van der Waals surface area contributed by atoms with Gasteiger partial charge < -0.3 is 15.0 Å². The highest BCUT2D eigenvalue weighted by Gasteiger charge is 2.18. The number of aliphatic hydroxyl groups is 1. The molecule has 1 aromatic rings. The van der Waals surface area contributed by atoms with Gasteiger partial charge >= 0.3 is 0 Å². The van der Waals surface area contributed by atoms with Crippen molar-refractivity contribution in [3.8, 4) is 0 Å². The first-order valence-electron chi connectivity index (χ1n) is 5.62. The summed E-state index contributed by atoms with van der Waals surface area (Å²) < 4.78 is 2.18. The van der Waals surface area contributed by atoms with Crippen LogP contribution >= 0.6 is 0 Å². The zero-order valence-corrected chi connectivity index (χ0v) is 8.89. The lowest BCUT2D eigenvalue weighted by atomic mass is 10.2. The lowest BCUT2D eigenvalue weighted by Crippen LogP contribution is -2.15. The molecule has 15 heavy (non-hydrogen) atoms. The van der Waals surface area contributed by atoms with Crippen molar-refractivity contribution >= 4 is 0 Å². The van der Waals surface area contributed by atoms with Gasteiger partial charge in [0.1, 0.15) is 12.2 Å². The van der Waals surface area contributed by atoms with Crippen molar-refractivity contribution < 1.29 is 5.11 Å². The van der Waals surface area contributed by atoms with E-state index in [1.54, 1.807) is 0 Å². The molecule has 0 spiro atoms. The smallest absolute Gasteiger partial charge is 0.133 e. The molecular formula is C10H18N4O. The molecule has 1 atom stereocenters. The first-order valence-corrected chi connectivity index (χ1v) is 5.62. The third kappa shape index (κ3) is 2.54. The van der Waals surface area contributed by atoms with Gasteiger partial charge in [-0.15, -0.1) is 10.2 Å². The van der Waals surface area contributed by atoms with Crippen LogP contribution in [0.4, 0.5) is 0 Å². The Labute approximate surface area is 89.5 Å². The van der Waals surface area contributed by atoms with E-state index >= 15 is 0 Å². The van der Waals surface area contributed by atoms with Crippen LogP contribution in [-0.2, 0) is 6.42 Å². The molecule has 0 radical (unpaired) electrons. The second-order valence-corrected chi connectivity index (χ2v) is 3.98. The predicted molar refractivity (Wildman–Crippen MR) is 56.6 cm³/mol. The highest BCUT2D eigenvalue weighted by atomic mass is 16.2. The maximum atomic E-state index is 8.72. The number of hydrogen-bond acceptors (Lipinski definition) is 4. The molecule has 1 aromatic heterocycles. The summed E-state index contributed by atoms with van der Waals surface area (Å²) in [7, 11) is 0. The SMILES string of the molecule is OCCCCc1nncn1C1CCNC1. The standard InChI is InChI=1S/C10H18N4O/c15-6-2-1-3-10-13-12-8-14(10)9-4-5-11-7-9/h8-9,11,15H,1-7H2. The van der Waals surface area contributed by atoms with Gasteiger partial charge in [0.15, 0.2) is 0 Å². The molecule has 0 bridgehead atoms. The van der Waals surface area contributed by atoms with Gasteiger partial charge in [0.25, 0.3) is 0 Å². The molecule has 1 aliphatic heterocycles. The van der Waals surface area contributed by atoms with Gasteiger partial charge in [0, 0.05) is 25.6 Å². The fourth-order valence-electron chi connectivity index (χ4n) is 2.02. The van der Waals surface area contributed by atoms with Crippen molar-refractivity contribution in [3.63, 3.8) is 0 Å². The summed E-state index contributed by atoms with van der Waals surface area (Å²) in [5.74, 6) is 1.05. The van der Waals surface area contributed by atoms with Crippen molar-refractivity contribution in [2.24, 2.45) is 0 Å². The van der Waals surface area contributed by atoms with E-state index in [1.807, 2.05) is 6.33 Å². The van der Waals surface area contributed by atoms with Crippen molar-refractivity contribution in [2.45, 2.75) is 31.7 Å². The minimum absolute atomic E-state index is 0.263. The summed E-state index contributed by atoms with van der Waals surface area (Å²) in [4.78, 5) is 0.